The zero-order chi connectivity index (χ0) is 20.2. The number of carbonyl (C=O) groups excluding carboxylic acids is 1. The van der Waals surface area contributed by atoms with Crippen molar-refractivity contribution in [3.8, 4) is 11.4 Å². The Kier molecular flexibility index (Phi) is 5.86. The molecular formula is C20H21BrN6O2. The lowest BCUT2D eigenvalue weighted by Crippen LogP contribution is -2.36. The maximum Gasteiger partial charge on any atom is 0.250 e. The van der Waals surface area contributed by atoms with Crippen molar-refractivity contribution in [2.75, 3.05) is 36.5 Å². The van der Waals surface area contributed by atoms with Crippen molar-refractivity contribution in [3.63, 3.8) is 0 Å². The fourth-order valence-corrected chi connectivity index (χ4v) is 3.30. The quantitative estimate of drug-likeness (QED) is 0.634. The highest BCUT2D eigenvalue weighted by atomic mass is 79.9. The Bertz CT molecular complexity index is 967. The van der Waals surface area contributed by atoms with E-state index >= 15 is 0 Å². The Morgan fingerprint density at radius 2 is 1.79 bits per heavy atom. The van der Waals surface area contributed by atoms with Crippen molar-refractivity contribution in [2.24, 2.45) is 0 Å². The Morgan fingerprint density at radius 1 is 1.10 bits per heavy atom. The summed E-state index contributed by atoms with van der Waals surface area (Å²) in [6.07, 6.45) is 0. The second-order valence-corrected chi connectivity index (χ2v) is 7.67. The molecule has 8 nitrogen and oxygen atoms in total. The van der Waals surface area contributed by atoms with Gasteiger partial charge in [-0.1, -0.05) is 15.9 Å². The lowest BCUT2D eigenvalue weighted by Gasteiger charge is -2.28. The van der Waals surface area contributed by atoms with Crippen LogP contribution in [0.15, 0.2) is 53.0 Å². The maximum absolute atomic E-state index is 12.6. The minimum atomic E-state index is -0.592. The van der Waals surface area contributed by atoms with Gasteiger partial charge in [0, 0.05) is 34.5 Å². The molecule has 1 aliphatic heterocycles. The second-order valence-electron chi connectivity index (χ2n) is 6.75. The molecule has 1 atom stereocenters. The smallest absolute Gasteiger partial charge is 0.250 e. The van der Waals surface area contributed by atoms with Crippen molar-refractivity contribution in [1.29, 1.82) is 0 Å². The van der Waals surface area contributed by atoms with E-state index in [1.165, 1.54) is 4.80 Å². The van der Waals surface area contributed by atoms with Gasteiger partial charge in [-0.05, 0) is 60.7 Å². The molecule has 150 valence electrons. The molecule has 0 aliphatic carbocycles. The van der Waals surface area contributed by atoms with Gasteiger partial charge in [0.15, 0.2) is 0 Å². The zero-order valence-electron chi connectivity index (χ0n) is 16.0. The number of hydrogen-bond acceptors (Lipinski definition) is 6. The van der Waals surface area contributed by atoms with E-state index in [1.54, 1.807) is 6.92 Å². The number of ether oxygens (including phenoxy) is 1. The van der Waals surface area contributed by atoms with Crippen molar-refractivity contribution < 1.29 is 9.53 Å². The van der Waals surface area contributed by atoms with Crippen molar-refractivity contribution in [1.82, 2.24) is 20.2 Å². The third-order valence-corrected chi connectivity index (χ3v) is 5.30. The van der Waals surface area contributed by atoms with Crippen LogP contribution in [-0.2, 0) is 9.53 Å². The normalized spacial score (nSPS) is 15.2. The number of amides is 1. The molecule has 9 heteroatoms. The topological polar surface area (TPSA) is 85.2 Å². The van der Waals surface area contributed by atoms with E-state index in [0.717, 1.165) is 47.7 Å². The van der Waals surface area contributed by atoms with Crippen LogP contribution in [0.1, 0.15) is 13.0 Å². The summed E-state index contributed by atoms with van der Waals surface area (Å²) in [5, 5.41) is 15.4. The summed E-state index contributed by atoms with van der Waals surface area (Å²) in [5.74, 6) is 0.274. The van der Waals surface area contributed by atoms with Crippen molar-refractivity contribution in [2.45, 2.75) is 13.0 Å². The molecule has 1 saturated heterocycles. The first-order valence-electron chi connectivity index (χ1n) is 9.39. The Morgan fingerprint density at radius 3 is 2.48 bits per heavy atom. The lowest BCUT2D eigenvalue weighted by atomic mass is 10.2. The second kappa shape index (κ2) is 8.71. The van der Waals surface area contributed by atoms with Gasteiger partial charge in [-0.15, -0.1) is 10.2 Å². The number of halogens is 1. The number of aromatic nitrogens is 4. The van der Waals surface area contributed by atoms with Crippen LogP contribution in [0.5, 0.6) is 0 Å². The van der Waals surface area contributed by atoms with E-state index in [0.29, 0.717) is 5.82 Å². The summed E-state index contributed by atoms with van der Waals surface area (Å²) < 4.78 is 6.35. The Hall–Kier alpha value is -2.78. The number of carbonyl (C=O) groups is 1. The monoisotopic (exact) mass is 456 g/mol. The van der Waals surface area contributed by atoms with Crippen LogP contribution in [0.3, 0.4) is 0 Å². The van der Waals surface area contributed by atoms with Gasteiger partial charge >= 0.3 is 0 Å². The number of hydrogen-bond donors (Lipinski definition) is 1. The predicted molar refractivity (Wildman–Crippen MR) is 114 cm³/mol. The molecule has 1 aromatic heterocycles. The van der Waals surface area contributed by atoms with Gasteiger partial charge in [0.05, 0.1) is 13.2 Å². The highest BCUT2D eigenvalue weighted by molar-refractivity contribution is 9.10. The number of anilines is 2. The largest absolute Gasteiger partial charge is 0.378 e. The number of nitrogens with zero attached hydrogens (tertiary/aromatic N) is 5. The summed E-state index contributed by atoms with van der Waals surface area (Å²) in [6.45, 7) is 4.97. The van der Waals surface area contributed by atoms with E-state index in [2.05, 4.69) is 41.6 Å². The molecule has 1 N–H and O–H groups in total. The number of morpholine rings is 1. The molecule has 4 rings (SSSR count). The van der Waals surface area contributed by atoms with E-state index in [-0.39, 0.29) is 5.91 Å². The first-order valence-corrected chi connectivity index (χ1v) is 10.2. The molecule has 0 radical (unpaired) electrons. The van der Waals surface area contributed by atoms with E-state index in [4.69, 9.17) is 4.74 Å². The molecule has 2 heterocycles. The predicted octanol–water partition coefficient (Wildman–Crippen LogP) is 3.14. The van der Waals surface area contributed by atoms with Gasteiger partial charge in [0.2, 0.25) is 5.82 Å². The molecule has 0 spiro atoms. The molecule has 1 fully saturated rings. The highest BCUT2D eigenvalue weighted by Gasteiger charge is 2.19. The Labute approximate surface area is 177 Å². The molecule has 3 aromatic rings. The van der Waals surface area contributed by atoms with Crippen LogP contribution in [0.2, 0.25) is 0 Å². The van der Waals surface area contributed by atoms with Gasteiger partial charge in [0.1, 0.15) is 6.04 Å². The summed E-state index contributed by atoms with van der Waals surface area (Å²) in [7, 11) is 0. The molecular weight excluding hydrogens is 436 g/mol. The molecule has 2 aromatic carbocycles. The fourth-order valence-electron chi connectivity index (χ4n) is 3.03. The van der Waals surface area contributed by atoms with Crippen LogP contribution < -0.4 is 10.2 Å². The average molecular weight is 457 g/mol. The first-order chi connectivity index (χ1) is 14.1. The van der Waals surface area contributed by atoms with E-state index in [1.807, 2.05) is 48.5 Å². The average Bonchev–Trinajstić information content (AvgIpc) is 3.25. The van der Waals surface area contributed by atoms with Gasteiger partial charge in [0.25, 0.3) is 5.91 Å². The molecule has 1 aliphatic rings. The van der Waals surface area contributed by atoms with Crippen LogP contribution in [-0.4, -0.2) is 52.4 Å². The number of benzene rings is 2. The Balaban J connectivity index is 1.40. The zero-order valence-corrected chi connectivity index (χ0v) is 17.5. The molecule has 0 bridgehead atoms. The molecule has 1 unspecified atom stereocenters. The first kappa shape index (κ1) is 19.5. The summed E-state index contributed by atoms with van der Waals surface area (Å²) >= 11 is 3.40. The summed E-state index contributed by atoms with van der Waals surface area (Å²) in [4.78, 5) is 16.2. The standard InChI is InChI=1S/C20H21BrN6O2/c1-14(27-24-19(23-25-27)15-2-4-16(21)5-3-15)20(28)22-17-6-8-18(9-7-17)26-10-12-29-13-11-26/h2-9,14H,10-13H2,1H3,(H,22,28). The van der Waals surface area contributed by atoms with Crippen LogP contribution in [0.4, 0.5) is 11.4 Å². The van der Waals surface area contributed by atoms with Gasteiger partial charge in [-0.25, -0.2) is 0 Å². The van der Waals surface area contributed by atoms with Crippen LogP contribution in [0.25, 0.3) is 11.4 Å². The number of tetrazole rings is 1. The maximum atomic E-state index is 12.6. The SMILES string of the molecule is CC(C(=O)Nc1ccc(N2CCOCC2)cc1)n1nnc(-c2ccc(Br)cc2)n1. The molecule has 0 saturated carbocycles. The third kappa shape index (κ3) is 4.63. The molecule has 29 heavy (non-hydrogen) atoms. The number of rotatable bonds is 5. The highest BCUT2D eigenvalue weighted by Crippen LogP contribution is 2.21. The van der Waals surface area contributed by atoms with E-state index in [9.17, 15) is 4.79 Å². The van der Waals surface area contributed by atoms with Crippen molar-refractivity contribution in [3.05, 3.63) is 53.0 Å². The minimum Gasteiger partial charge on any atom is -0.378 e. The minimum absolute atomic E-state index is 0.205. The van der Waals surface area contributed by atoms with Gasteiger partial charge in [-0.3, -0.25) is 4.79 Å². The summed E-state index contributed by atoms with van der Waals surface area (Å²) in [6, 6.07) is 14.8. The third-order valence-electron chi connectivity index (χ3n) is 4.77. The fraction of sp³-hybridized carbons (Fsp3) is 0.300. The van der Waals surface area contributed by atoms with Crippen molar-refractivity contribution >= 4 is 33.2 Å². The van der Waals surface area contributed by atoms with Crippen LogP contribution >= 0.6 is 15.9 Å². The van der Waals surface area contributed by atoms with Crippen LogP contribution in [0, 0.1) is 0 Å². The lowest BCUT2D eigenvalue weighted by molar-refractivity contribution is -0.119. The van der Waals surface area contributed by atoms with E-state index < -0.39 is 6.04 Å². The van der Waals surface area contributed by atoms with Gasteiger partial charge < -0.3 is 15.0 Å². The van der Waals surface area contributed by atoms with Gasteiger partial charge in [-0.2, -0.15) is 4.80 Å². The summed E-state index contributed by atoms with van der Waals surface area (Å²) in [5.41, 5.74) is 2.69. The number of nitrogens with one attached hydrogen (secondary N) is 1. The molecule has 1 amide bonds.